The third kappa shape index (κ3) is 3.31. The van der Waals surface area contributed by atoms with Crippen LogP contribution >= 0.6 is 23.1 Å². The van der Waals surface area contributed by atoms with Crippen molar-refractivity contribution in [3.8, 4) is 16.8 Å². The van der Waals surface area contributed by atoms with E-state index in [4.69, 9.17) is 9.68 Å². The van der Waals surface area contributed by atoms with E-state index in [0.29, 0.717) is 16.7 Å². The molecule has 4 aromatic heterocycles. The first-order valence-corrected chi connectivity index (χ1v) is 8.92. The van der Waals surface area contributed by atoms with E-state index in [2.05, 4.69) is 20.2 Å². The minimum atomic E-state index is 0.278. The molecule has 7 nitrogen and oxygen atoms in total. The Balaban J connectivity index is 1.70. The molecule has 4 heterocycles. The molecular formula is C16H10N6OS2. The van der Waals surface area contributed by atoms with Crippen LogP contribution in [0.5, 0.6) is 0 Å². The molecule has 25 heavy (non-hydrogen) atoms. The van der Waals surface area contributed by atoms with Gasteiger partial charge in [-0.3, -0.25) is 4.57 Å². The molecule has 4 rings (SSSR count). The van der Waals surface area contributed by atoms with Crippen LogP contribution in [0.1, 0.15) is 11.5 Å². The Labute approximate surface area is 151 Å². The maximum absolute atomic E-state index is 8.82. The summed E-state index contributed by atoms with van der Waals surface area (Å²) in [6.45, 7) is 0.513. The van der Waals surface area contributed by atoms with Gasteiger partial charge in [-0.05, 0) is 35.3 Å². The molecule has 0 atom stereocenters. The number of rotatable bonds is 5. The summed E-state index contributed by atoms with van der Waals surface area (Å²) in [4.78, 5) is 9.29. The van der Waals surface area contributed by atoms with Crippen LogP contribution in [0.4, 0.5) is 0 Å². The number of furan rings is 1. The Hall–Kier alpha value is -2.96. The van der Waals surface area contributed by atoms with E-state index in [-0.39, 0.29) is 5.69 Å². The summed E-state index contributed by atoms with van der Waals surface area (Å²) in [6.07, 6.45) is 4.64. The zero-order chi connectivity index (χ0) is 17.1. The second-order valence-electron chi connectivity index (χ2n) is 4.90. The fourth-order valence-electron chi connectivity index (χ4n) is 2.17. The van der Waals surface area contributed by atoms with Gasteiger partial charge in [0.15, 0.2) is 16.7 Å². The van der Waals surface area contributed by atoms with Crippen LogP contribution in [0.15, 0.2) is 62.9 Å². The summed E-state index contributed by atoms with van der Waals surface area (Å²) in [7, 11) is 0. The fourth-order valence-corrected chi connectivity index (χ4v) is 3.63. The molecule has 0 N–H and O–H groups in total. The molecule has 0 fully saturated rings. The smallest absolute Gasteiger partial charge is 0.198 e. The fraction of sp³-hybridized carbons (Fsp3) is 0.0625. The second kappa shape index (κ2) is 6.88. The molecule has 0 aliphatic rings. The normalized spacial score (nSPS) is 10.7. The van der Waals surface area contributed by atoms with Crippen molar-refractivity contribution in [2.75, 3.05) is 0 Å². The van der Waals surface area contributed by atoms with Crippen LogP contribution in [0.2, 0.25) is 0 Å². The second-order valence-corrected chi connectivity index (χ2v) is 6.84. The summed E-state index contributed by atoms with van der Waals surface area (Å²) in [5, 5.41) is 20.8. The third-order valence-corrected chi connectivity index (χ3v) is 5.06. The highest BCUT2D eigenvalue weighted by atomic mass is 32.2. The van der Waals surface area contributed by atoms with Crippen molar-refractivity contribution in [2.45, 2.75) is 16.7 Å². The number of hydrogen-bond acceptors (Lipinski definition) is 8. The summed E-state index contributed by atoms with van der Waals surface area (Å²) < 4.78 is 7.45. The van der Waals surface area contributed by atoms with Gasteiger partial charge in [-0.1, -0.05) is 6.07 Å². The largest absolute Gasteiger partial charge is 0.467 e. The van der Waals surface area contributed by atoms with Crippen molar-refractivity contribution in [3.63, 3.8) is 0 Å². The highest BCUT2D eigenvalue weighted by molar-refractivity contribution is 7.99. The number of aromatic nitrogens is 5. The van der Waals surface area contributed by atoms with Crippen LogP contribution < -0.4 is 0 Å². The standard InChI is InChI=1S/C16H10N6OS2/c17-7-11-8-19-14(9-18-11)25-16-21-20-15(13-4-2-6-24-13)22(16)10-12-3-1-5-23-12/h1-6,8-9H,10H2. The van der Waals surface area contributed by atoms with Gasteiger partial charge in [-0.25, -0.2) is 9.97 Å². The van der Waals surface area contributed by atoms with Crippen LogP contribution in [0.25, 0.3) is 10.7 Å². The third-order valence-electron chi connectivity index (χ3n) is 3.29. The highest BCUT2D eigenvalue weighted by Gasteiger charge is 2.17. The van der Waals surface area contributed by atoms with E-state index in [0.717, 1.165) is 16.5 Å². The maximum Gasteiger partial charge on any atom is 0.198 e. The van der Waals surface area contributed by atoms with Crippen LogP contribution in [-0.4, -0.2) is 24.7 Å². The van der Waals surface area contributed by atoms with Crippen LogP contribution in [-0.2, 0) is 6.54 Å². The Morgan fingerprint density at radius 2 is 2.16 bits per heavy atom. The van der Waals surface area contributed by atoms with Crippen molar-refractivity contribution in [1.29, 1.82) is 5.26 Å². The average molecular weight is 366 g/mol. The quantitative estimate of drug-likeness (QED) is 0.534. The highest BCUT2D eigenvalue weighted by Crippen LogP contribution is 2.30. The molecular weight excluding hydrogens is 356 g/mol. The van der Waals surface area contributed by atoms with Gasteiger partial charge >= 0.3 is 0 Å². The molecule has 122 valence electrons. The molecule has 0 radical (unpaired) electrons. The van der Waals surface area contributed by atoms with Gasteiger partial charge < -0.3 is 4.42 Å². The molecule has 0 aromatic carbocycles. The van der Waals surface area contributed by atoms with Gasteiger partial charge in [0.05, 0.1) is 30.1 Å². The molecule has 4 aromatic rings. The number of nitrogens with zero attached hydrogens (tertiary/aromatic N) is 6. The number of nitriles is 1. The van der Waals surface area contributed by atoms with Gasteiger partial charge in [0, 0.05) is 0 Å². The topological polar surface area (TPSA) is 93.4 Å². The number of hydrogen-bond donors (Lipinski definition) is 0. The first kappa shape index (κ1) is 15.6. The summed E-state index contributed by atoms with van der Waals surface area (Å²) in [5.74, 6) is 1.58. The Morgan fingerprint density at radius 1 is 1.20 bits per heavy atom. The first-order valence-electron chi connectivity index (χ1n) is 7.23. The van der Waals surface area contributed by atoms with Crippen molar-refractivity contribution in [3.05, 3.63) is 59.8 Å². The van der Waals surface area contributed by atoms with Crippen molar-refractivity contribution in [2.24, 2.45) is 0 Å². The molecule has 9 heteroatoms. The van der Waals surface area contributed by atoms with E-state index in [1.165, 1.54) is 18.0 Å². The predicted octanol–water partition coefficient (Wildman–Crippen LogP) is 3.46. The molecule has 0 aliphatic carbocycles. The monoisotopic (exact) mass is 366 g/mol. The minimum Gasteiger partial charge on any atom is -0.467 e. The molecule has 0 bridgehead atoms. The van der Waals surface area contributed by atoms with Crippen molar-refractivity contribution < 1.29 is 4.42 Å². The lowest BCUT2D eigenvalue weighted by Crippen LogP contribution is -2.03. The average Bonchev–Trinajstić information content (AvgIpc) is 3.39. The molecule has 0 saturated carbocycles. The lowest BCUT2D eigenvalue weighted by Gasteiger charge is -2.07. The maximum atomic E-state index is 8.82. The lowest BCUT2D eigenvalue weighted by atomic mass is 10.4. The Morgan fingerprint density at radius 3 is 2.84 bits per heavy atom. The van der Waals surface area contributed by atoms with Gasteiger partial charge in [0.2, 0.25) is 0 Å². The summed E-state index contributed by atoms with van der Waals surface area (Å²) in [6, 6.07) is 9.70. The Kier molecular flexibility index (Phi) is 4.28. The molecule has 0 unspecified atom stereocenters. The van der Waals surface area contributed by atoms with Gasteiger partial charge in [-0.15, -0.1) is 21.5 Å². The predicted molar refractivity (Wildman–Crippen MR) is 92.0 cm³/mol. The zero-order valence-electron chi connectivity index (χ0n) is 12.7. The van der Waals surface area contributed by atoms with E-state index in [9.17, 15) is 0 Å². The number of thiophene rings is 1. The SMILES string of the molecule is N#Cc1cnc(Sc2nnc(-c3cccs3)n2Cc2ccco2)cn1. The van der Waals surface area contributed by atoms with Gasteiger partial charge in [0.1, 0.15) is 16.9 Å². The molecule has 0 saturated heterocycles. The van der Waals surface area contributed by atoms with E-state index in [1.54, 1.807) is 23.8 Å². The Bertz CT molecular complexity index is 1000. The molecule has 0 aliphatic heterocycles. The first-order chi connectivity index (χ1) is 12.3. The molecule has 0 spiro atoms. The summed E-state index contributed by atoms with van der Waals surface area (Å²) in [5.41, 5.74) is 0.278. The van der Waals surface area contributed by atoms with E-state index >= 15 is 0 Å². The van der Waals surface area contributed by atoms with Crippen molar-refractivity contribution >= 4 is 23.1 Å². The zero-order valence-corrected chi connectivity index (χ0v) is 14.4. The van der Waals surface area contributed by atoms with E-state index in [1.807, 2.05) is 40.3 Å². The lowest BCUT2D eigenvalue weighted by molar-refractivity contribution is 0.485. The van der Waals surface area contributed by atoms with Crippen LogP contribution in [0, 0.1) is 11.3 Å². The summed E-state index contributed by atoms with van der Waals surface area (Å²) >= 11 is 2.94. The minimum absolute atomic E-state index is 0.278. The van der Waals surface area contributed by atoms with Gasteiger partial charge in [0.25, 0.3) is 0 Å². The molecule has 0 amide bonds. The van der Waals surface area contributed by atoms with Crippen LogP contribution in [0.3, 0.4) is 0 Å². The van der Waals surface area contributed by atoms with Gasteiger partial charge in [-0.2, -0.15) is 5.26 Å². The van der Waals surface area contributed by atoms with E-state index < -0.39 is 0 Å². The van der Waals surface area contributed by atoms with Crippen molar-refractivity contribution in [1.82, 2.24) is 24.7 Å².